The van der Waals surface area contributed by atoms with Crippen molar-refractivity contribution in [2.24, 2.45) is 0 Å². The fourth-order valence-corrected chi connectivity index (χ4v) is 3.25. The number of halogens is 1. The zero-order valence-electron chi connectivity index (χ0n) is 13.4. The summed E-state index contributed by atoms with van der Waals surface area (Å²) in [6.07, 6.45) is 0. The van der Waals surface area contributed by atoms with Gasteiger partial charge in [0.1, 0.15) is 18.2 Å². The van der Waals surface area contributed by atoms with Crippen LogP contribution in [0.25, 0.3) is 0 Å². The number of benzene rings is 2. The highest BCUT2D eigenvalue weighted by atomic mass is 32.2. The second-order valence-electron chi connectivity index (χ2n) is 5.16. The van der Waals surface area contributed by atoms with Crippen LogP contribution in [-0.4, -0.2) is 14.8 Å². The average Bonchev–Trinajstić information content (AvgIpc) is 3.01. The van der Waals surface area contributed by atoms with E-state index in [9.17, 15) is 4.39 Å². The van der Waals surface area contributed by atoms with E-state index in [1.165, 1.54) is 6.07 Å². The van der Waals surface area contributed by atoms with Crippen LogP contribution < -0.4 is 4.74 Å². The Labute approximate surface area is 144 Å². The monoisotopic (exact) mass is 343 g/mol. The molecular weight excluding hydrogens is 325 g/mol. The molecule has 0 amide bonds. The third-order valence-electron chi connectivity index (χ3n) is 3.48. The smallest absolute Gasteiger partial charge is 0.191 e. The molecule has 0 aliphatic heterocycles. The number of rotatable bonds is 7. The number of thioether (sulfide) groups is 1. The fourth-order valence-electron chi connectivity index (χ4n) is 2.29. The minimum atomic E-state index is -0.220. The number of hydrogen-bond donors (Lipinski definition) is 0. The lowest BCUT2D eigenvalue weighted by Crippen LogP contribution is -2.07. The van der Waals surface area contributed by atoms with Gasteiger partial charge in [-0.15, -0.1) is 10.2 Å². The van der Waals surface area contributed by atoms with Crippen molar-refractivity contribution in [3.05, 3.63) is 71.8 Å². The van der Waals surface area contributed by atoms with Gasteiger partial charge in [-0.2, -0.15) is 0 Å². The van der Waals surface area contributed by atoms with Gasteiger partial charge in [0, 0.05) is 12.3 Å². The quantitative estimate of drug-likeness (QED) is 0.599. The minimum Gasteiger partial charge on any atom is -0.486 e. The van der Waals surface area contributed by atoms with Crippen LogP contribution in [0.5, 0.6) is 5.75 Å². The molecule has 0 radical (unpaired) electrons. The third-order valence-corrected chi connectivity index (χ3v) is 4.52. The highest BCUT2D eigenvalue weighted by Crippen LogP contribution is 2.23. The lowest BCUT2D eigenvalue weighted by atomic mass is 10.2. The Morgan fingerprint density at radius 1 is 1.08 bits per heavy atom. The Bertz CT molecular complexity index is 792. The van der Waals surface area contributed by atoms with Crippen LogP contribution in [0, 0.1) is 5.82 Å². The summed E-state index contributed by atoms with van der Waals surface area (Å²) < 4.78 is 21.0. The molecule has 0 saturated carbocycles. The van der Waals surface area contributed by atoms with Gasteiger partial charge < -0.3 is 9.30 Å². The highest BCUT2D eigenvalue weighted by molar-refractivity contribution is 7.98. The molecule has 0 atom stereocenters. The van der Waals surface area contributed by atoms with E-state index in [2.05, 4.69) is 10.2 Å². The topological polar surface area (TPSA) is 39.9 Å². The first-order valence-electron chi connectivity index (χ1n) is 7.73. The van der Waals surface area contributed by atoms with E-state index in [4.69, 9.17) is 4.74 Å². The number of aromatic nitrogens is 3. The van der Waals surface area contributed by atoms with Crippen LogP contribution in [0.1, 0.15) is 18.3 Å². The zero-order chi connectivity index (χ0) is 16.8. The van der Waals surface area contributed by atoms with Gasteiger partial charge in [0.15, 0.2) is 11.0 Å². The number of nitrogens with zero attached hydrogens (tertiary/aromatic N) is 3. The molecule has 3 rings (SSSR count). The molecule has 3 aromatic rings. The van der Waals surface area contributed by atoms with E-state index in [0.29, 0.717) is 12.4 Å². The fraction of sp³-hybridized carbons (Fsp3) is 0.222. The van der Waals surface area contributed by atoms with E-state index in [0.717, 1.165) is 28.8 Å². The minimum absolute atomic E-state index is 0.220. The summed E-state index contributed by atoms with van der Waals surface area (Å²) in [5.41, 5.74) is 0.924. The molecule has 0 saturated heterocycles. The Kier molecular flexibility index (Phi) is 5.48. The molecule has 0 fully saturated rings. The molecule has 6 heteroatoms. The van der Waals surface area contributed by atoms with Crippen molar-refractivity contribution < 1.29 is 9.13 Å². The van der Waals surface area contributed by atoms with Crippen molar-refractivity contribution in [2.45, 2.75) is 31.0 Å². The summed E-state index contributed by atoms with van der Waals surface area (Å²) in [6, 6.07) is 16.2. The van der Waals surface area contributed by atoms with Gasteiger partial charge in [0.25, 0.3) is 0 Å². The maximum atomic E-state index is 13.2. The Morgan fingerprint density at radius 2 is 1.92 bits per heavy atom. The van der Waals surface area contributed by atoms with Crippen molar-refractivity contribution in [3.63, 3.8) is 0 Å². The molecule has 1 heterocycles. The zero-order valence-corrected chi connectivity index (χ0v) is 14.2. The van der Waals surface area contributed by atoms with Crippen molar-refractivity contribution in [1.82, 2.24) is 14.8 Å². The molecule has 0 aliphatic rings. The molecular formula is C18H18FN3OS. The standard InChI is InChI=1S/C18H18FN3OS/c1-2-22-17(12-23-16-9-4-3-5-10-16)20-21-18(22)24-13-14-7-6-8-15(19)11-14/h3-11H,2,12-13H2,1H3. The maximum absolute atomic E-state index is 13.2. The predicted molar refractivity (Wildman–Crippen MR) is 92.4 cm³/mol. The van der Waals surface area contributed by atoms with Gasteiger partial charge in [-0.25, -0.2) is 4.39 Å². The predicted octanol–water partition coefficient (Wildman–Crippen LogP) is 4.31. The number of hydrogen-bond acceptors (Lipinski definition) is 4. The molecule has 124 valence electrons. The summed E-state index contributed by atoms with van der Waals surface area (Å²) in [5.74, 6) is 2.01. The van der Waals surface area contributed by atoms with Crippen LogP contribution in [0.2, 0.25) is 0 Å². The van der Waals surface area contributed by atoms with Crippen molar-refractivity contribution in [1.29, 1.82) is 0 Å². The van der Waals surface area contributed by atoms with Crippen LogP contribution >= 0.6 is 11.8 Å². The van der Waals surface area contributed by atoms with Crippen molar-refractivity contribution in [3.8, 4) is 5.75 Å². The van der Waals surface area contributed by atoms with E-state index in [-0.39, 0.29) is 5.82 Å². The number of para-hydroxylation sites is 1. The van der Waals surface area contributed by atoms with E-state index >= 15 is 0 Å². The molecule has 24 heavy (non-hydrogen) atoms. The van der Waals surface area contributed by atoms with E-state index < -0.39 is 0 Å². The van der Waals surface area contributed by atoms with Crippen LogP contribution in [-0.2, 0) is 18.9 Å². The molecule has 1 aromatic heterocycles. The second kappa shape index (κ2) is 7.97. The van der Waals surface area contributed by atoms with Gasteiger partial charge in [-0.1, -0.05) is 42.1 Å². The van der Waals surface area contributed by atoms with Crippen molar-refractivity contribution in [2.75, 3.05) is 0 Å². The van der Waals surface area contributed by atoms with E-state index in [1.807, 2.05) is 47.9 Å². The average molecular weight is 343 g/mol. The Morgan fingerprint density at radius 3 is 2.67 bits per heavy atom. The van der Waals surface area contributed by atoms with Crippen LogP contribution in [0.4, 0.5) is 4.39 Å². The second-order valence-corrected chi connectivity index (χ2v) is 6.11. The summed E-state index contributed by atoms with van der Waals surface area (Å²) in [6.45, 7) is 3.17. The molecule has 0 unspecified atom stereocenters. The highest BCUT2D eigenvalue weighted by Gasteiger charge is 2.12. The lowest BCUT2D eigenvalue weighted by Gasteiger charge is -2.09. The third kappa shape index (κ3) is 4.14. The van der Waals surface area contributed by atoms with E-state index in [1.54, 1.807) is 23.9 Å². The first-order valence-corrected chi connectivity index (χ1v) is 8.72. The first-order chi connectivity index (χ1) is 11.8. The Balaban J connectivity index is 1.65. The molecule has 0 aliphatic carbocycles. The van der Waals surface area contributed by atoms with Gasteiger partial charge in [0.2, 0.25) is 0 Å². The molecule has 0 spiro atoms. The number of ether oxygens (including phenoxy) is 1. The van der Waals surface area contributed by atoms with Crippen molar-refractivity contribution >= 4 is 11.8 Å². The normalized spacial score (nSPS) is 10.8. The van der Waals surface area contributed by atoms with Crippen LogP contribution in [0.3, 0.4) is 0 Å². The maximum Gasteiger partial charge on any atom is 0.191 e. The van der Waals surface area contributed by atoms with Gasteiger partial charge >= 0.3 is 0 Å². The largest absolute Gasteiger partial charge is 0.486 e. The summed E-state index contributed by atoms with van der Waals surface area (Å²) in [5, 5.41) is 9.28. The van der Waals surface area contributed by atoms with Gasteiger partial charge in [-0.05, 0) is 36.8 Å². The van der Waals surface area contributed by atoms with Gasteiger partial charge in [0.05, 0.1) is 0 Å². The first kappa shape index (κ1) is 16.5. The summed E-state index contributed by atoms with van der Waals surface area (Å²) in [4.78, 5) is 0. The summed E-state index contributed by atoms with van der Waals surface area (Å²) in [7, 11) is 0. The lowest BCUT2D eigenvalue weighted by molar-refractivity contribution is 0.288. The summed E-state index contributed by atoms with van der Waals surface area (Å²) >= 11 is 1.54. The van der Waals surface area contributed by atoms with Crippen LogP contribution in [0.15, 0.2) is 59.8 Å². The molecule has 2 aromatic carbocycles. The molecule has 4 nitrogen and oxygen atoms in total. The van der Waals surface area contributed by atoms with Gasteiger partial charge in [-0.3, -0.25) is 0 Å². The Hall–Kier alpha value is -2.34. The molecule has 0 N–H and O–H groups in total. The molecule has 0 bridgehead atoms. The SMILES string of the molecule is CCn1c(COc2ccccc2)nnc1SCc1cccc(F)c1.